The Bertz CT molecular complexity index is 750. The van der Waals surface area contributed by atoms with Gasteiger partial charge >= 0.3 is 6.03 Å². The van der Waals surface area contributed by atoms with Crippen molar-refractivity contribution >= 4 is 23.3 Å². The molecule has 0 aliphatic carbocycles. The molecule has 0 bridgehead atoms. The molecule has 2 rings (SSSR count). The lowest BCUT2D eigenvalue weighted by Gasteiger charge is -2.18. The summed E-state index contributed by atoms with van der Waals surface area (Å²) in [6, 6.07) is 14.5. The van der Waals surface area contributed by atoms with Crippen LogP contribution in [0.2, 0.25) is 0 Å². The van der Waals surface area contributed by atoms with Gasteiger partial charge in [-0.05, 0) is 17.7 Å². The van der Waals surface area contributed by atoms with Crippen molar-refractivity contribution < 1.29 is 14.3 Å². The number of nitrogens with one attached hydrogen (secondary N) is 2. The summed E-state index contributed by atoms with van der Waals surface area (Å²) in [5, 5.41) is 5.45. The van der Waals surface area contributed by atoms with Crippen molar-refractivity contribution in [2.75, 3.05) is 31.8 Å². The van der Waals surface area contributed by atoms with Crippen molar-refractivity contribution in [2.24, 2.45) is 0 Å². The molecule has 7 heteroatoms. The third-order valence-electron chi connectivity index (χ3n) is 3.77. The van der Waals surface area contributed by atoms with Crippen molar-refractivity contribution in [3.05, 3.63) is 54.1 Å². The van der Waals surface area contributed by atoms with E-state index in [1.165, 1.54) is 0 Å². The zero-order valence-corrected chi connectivity index (χ0v) is 15.0. The second kappa shape index (κ2) is 9.31. The largest absolute Gasteiger partial charge is 0.497 e. The Balaban J connectivity index is 1.76. The van der Waals surface area contributed by atoms with Crippen LogP contribution in [0.15, 0.2) is 48.5 Å². The number of nitrogen functional groups attached to an aromatic ring is 1. The number of hydrogen-bond acceptors (Lipinski definition) is 4. The number of nitrogens with zero attached hydrogens (tertiary/aromatic N) is 1. The number of benzene rings is 2. The molecule has 2 aromatic carbocycles. The highest BCUT2D eigenvalue weighted by molar-refractivity contribution is 5.94. The van der Waals surface area contributed by atoms with Crippen molar-refractivity contribution in [1.29, 1.82) is 0 Å². The summed E-state index contributed by atoms with van der Waals surface area (Å²) >= 11 is 0. The smallest absolute Gasteiger partial charge is 0.317 e. The number of carbonyl (C=O) groups excluding carboxylic acids is 2. The van der Waals surface area contributed by atoms with Gasteiger partial charge in [0.2, 0.25) is 5.91 Å². The molecule has 138 valence electrons. The van der Waals surface area contributed by atoms with Gasteiger partial charge in [-0.25, -0.2) is 4.79 Å². The highest BCUT2D eigenvalue weighted by Gasteiger charge is 2.10. The number of nitrogens with two attached hydrogens (primary N) is 1. The molecule has 0 atom stereocenters. The van der Waals surface area contributed by atoms with Gasteiger partial charge in [0.15, 0.2) is 0 Å². The first kappa shape index (κ1) is 19.1. The monoisotopic (exact) mass is 356 g/mol. The molecular weight excluding hydrogens is 332 g/mol. The van der Waals surface area contributed by atoms with Crippen LogP contribution in [0.4, 0.5) is 16.2 Å². The molecule has 0 aromatic heterocycles. The Morgan fingerprint density at radius 2 is 1.88 bits per heavy atom. The molecule has 0 spiro atoms. The number of ether oxygens (including phenoxy) is 1. The third kappa shape index (κ3) is 5.70. The Morgan fingerprint density at radius 3 is 2.58 bits per heavy atom. The van der Waals surface area contributed by atoms with Crippen molar-refractivity contribution in [3.8, 4) is 5.75 Å². The number of anilines is 2. The number of urea groups is 1. The van der Waals surface area contributed by atoms with E-state index in [0.717, 1.165) is 5.56 Å². The molecule has 0 aliphatic heterocycles. The van der Waals surface area contributed by atoms with Gasteiger partial charge in [0, 0.05) is 32.6 Å². The van der Waals surface area contributed by atoms with E-state index in [1.807, 2.05) is 30.3 Å². The quantitative estimate of drug-likeness (QED) is 0.664. The second-order valence-corrected chi connectivity index (χ2v) is 5.82. The molecule has 0 heterocycles. The number of hydrogen-bond donors (Lipinski definition) is 3. The Hall–Kier alpha value is -3.22. The predicted molar refractivity (Wildman–Crippen MR) is 102 cm³/mol. The summed E-state index contributed by atoms with van der Waals surface area (Å²) < 4.78 is 5.11. The summed E-state index contributed by atoms with van der Waals surface area (Å²) in [5.74, 6) is 0.362. The van der Waals surface area contributed by atoms with Crippen LogP contribution in [0.25, 0.3) is 0 Å². The van der Waals surface area contributed by atoms with Gasteiger partial charge in [-0.15, -0.1) is 0 Å². The molecule has 7 nitrogen and oxygen atoms in total. The fourth-order valence-electron chi connectivity index (χ4n) is 2.33. The highest BCUT2D eigenvalue weighted by Crippen LogP contribution is 2.24. The van der Waals surface area contributed by atoms with Crippen LogP contribution in [-0.2, 0) is 11.3 Å². The van der Waals surface area contributed by atoms with Gasteiger partial charge in [-0.2, -0.15) is 0 Å². The Kier molecular flexibility index (Phi) is 6.84. The molecule has 3 amide bonds. The second-order valence-electron chi connectivity index (χ2n) is 5.82. The molecule has 4 N–H and O–H groups in total. The van der Waals surface area contributed by atoms with Crippen LogP contribution in [0, 0.1) is 0 Å². The van der Waals surface area contributed by atoms with Crippen molar-refractivity contribution in [2.45, 2.75) is 13.0 Å². The lowest BCUT2D eigenvalue weighted by molar-refractivity contribution is -0.116. The maximum absolute atomic E-state index is 12.1. The van der Waals surface area contributed by atoms with E-state index in [0.29, 0.717) is 23.7 Å². The lowest BCUT2D eigenvalue weighted by Crippen LogP contribution is -2.38. The van der Waals surface area contributed by atoms with Gasteiger partial charge < -0.3 is 26.0 Å². The summed E-state index contributed by atoms with van der Waals surface area (Å²) in [6.45, 7) is 0.729. The van der Waals surface area contributed by atoms with Crippen molar-refractivity contribution in [3.63, 3.8) is 0 Å². The third-order valence-corrected chi connectivity index (χ3v) is 3.77. The zero-order chi connectivity index (χ0) is 18.9. The molecule has 0 fully saturated rings. The van der Waals surface area contributed by atoms with E-state index >= 15 is 0 Å². The minimum absolute atomic E-state index is 0.140. The highest BCUT2D eigenvalue weighted by atomic mass is 16.5. The molecule has 0 aliphatic rings. The van der Waals surface area contributed by atoms with E-state index in [2.05, 4.69) is 10.6 Å². The minimum Gasteiger partial charge on any atom is -0.497 e. The number of amides is 3. The lowest BCUT2D eigenvalue weighted by atomic mass is 10.2. The Labute approximate surface area is 153 Å². The summed E-state index contributed by atoms with van der Waals surface area (Å²) in [6.07, 6.45) is 0.140. The Morgan fingerprint density at radius 1 is 1.15 bits per heavy atom. The van der Waals surface area contributed by atoms with E-state index in [1.54, 1.807) is 37.3 Å². The minimum atomic E-state index is -0.240. The first-order valence-corrected chi connectivity index (χ1v) is 8.26. The molecule has 0 saturated carbocycles. The van der Waals surface area contributed by atoms with Gasteiger partial charge in [0.1, 0.15) is 5.75 Å². The summed E-state index contributed by atoms with van der Waals surface area (Å²) in [4.78, 5) is 25.7. The fraction of sp³-hybridized carbons (Fsp3) is 0.263. The average molecular weight is 356 g/mol. The number of methoxy groups -OCH3 is 1. The molecular formula is C19H24N4O3. The van der Waals surface area contributed by atoms with Gasteiger partial charge in [0.05, 0.1) is 18.5 Å². The maximum Gasteiger partial charge on any atom is 0.317 e. The first-order valence-electron chi connectivity index (χ1n) is 8.26. The van der Waals surface area contributed by atoms with E-state index in [9.17, 15) is 9.59 Å². The molecule has 2 aromatic rings. The fourth-order valence-corrected chi connectivity index (χ4v) is 2.33. The average Bonchev–Trinajstić information content (AvgIpc) is 2.64. The van der Waals surface area contributed by atoms with E-state index in [-0.39, 0.29) is 24.9 Å². The molecule has 0 saturated heterocycles. The van der Waals surface area contributed by atoms with Crippen LogP contribution < -0.4 is 21.1 Å². The normalized spacial score (nSPS) is 10.1. The van der Waals surface area contributed by atoms with E-state index < -0.39 is 0 Å². The molecule has 0 radical (unpaired) electrons. The van der Waals surface area contributed by atoms with Crippen molar-refractivity contribution in [1.82, 2.24) is 10.2 Å². The SMILES string of the molecule is COc1ccc(N)c(NC(=O)CCNC(=O)N(C)Cc2ccccc2)c1. The molecule has 26 heavy (non-hydrogen) atoms. The standard InChI is InChI=1S/C19H24N4O3/c1-23(13-14-6-4-3-5-7-14)19(25)21-11-10-18(24)22-17-12-15(26-2)8-9-16(17)20/h3-9,12H,10-11,13,20H2,1-2H3,(H,21,25)(H,22,24). The predicted octanol–water partition coefficient (Wildman–Crippen LogP) is 2.45. The number of carbonyl (C=O) groups is 2. The van der Waals surface area contributed by atoms with Gasteiger partial charge in [-0.1, -0.05) is 30.3 Å². The molecule has 0 unspecified atom stereocenters. The van der Waals surface area contributed by atoms with E-state index in [4.69, 9.17) is 10.5 Å². The number of rotatable bonds is 7. The van der Waals surface area contributed by atoms with Crippen LogP contribution >= 0.6 is 0 Å². The first-order chi connectivity index (χ1) is 12.5. The maximum atomic E-state index is 12.1. The van der Waals surface area contributed by atoms with Crippen LogP contribution in [-0.4, -0.2) is 37.5 Å². The van der Waals surface area contributed by atoms with Gasteiger partial charge in [-0.3, -0.25) is 4.79 Å². The van der Waals surface area contributed by atoms with Crippen LogP contribution in [0.3, 0.4) is 0 Å². The topological polar surface area (TPSA) is 96.7 Å². The zero-order valence-electron chi connectivity index (χ0n) is 15.0. The van der Waals surface area contributed by atoms with Gasteiger partial charge in [0.25, 0.3) is 0 Å². The van der Waals surface area contributed by atoms with Crippen LogP contribution in [0.1, 0.15) is 12.0 Å². The summed E-state index contributed by atoms with van der Waals surface area (Å²) in [5.41, 5.74) is 7.81. The summed E-state index contributed by atoms with van der Waals surface area (Å²) in [7, 11) is 3.25. The van der Waals surface area contributed by atoms with Crippen LogP contribution in [0.5, 0.6) is 5.75 Å².